The van der Waals surface area contributed by atoms with Crippen molar-refractivity contribution in [1.82, 2.24) is 4.90 Å². The fraction of sp³-hybridized carbons (Fsp3) is 0.455. The standard InChI is InChI=1S/C11H13BrN2O2/c1-13(9-3-4-9)7-8-2-5-10(12)11(6-8)14(15)16/h2,5-6,9H,3-4,7H2,1H3. The van der Waals surface area contributed by atoms with Gasteiger partial charge in [-0.3, -0.25) is 15.0 Å². The Morgan fingerprint density at radius 2 is 2.25 bits per heavy atom. The molecular formula is C11H13BrN2O2. The Morgan fingerprint density at radius 3 is 2.81 bits per heavy atom. The van der Waals surface area contributed by atoms with Crippen LogP contribution in [0, 0.1) is 10.1 Å². The number of halogens is 1. The fourth-order valence-electron chi connectivity index (χ4n) is 1.73. The molecule has 1 aliphatic rings. The third kappa shape index (κ3) is 2.59. The molecule has 4 nitrogen and oxygen atoms in total. The van der Waals surface area contributed by atoms with Crippen LogP contribution in [0.3, 0.4) is 0 Å². The largest absolute Gasteiger partial charge is 0.299 e. The minimum atomic E-state index is -0.356. The second-order valence-electron chi connectivity index (χ2n) is 4.19. The van der Waals surface area contributed by atoms with Crippen LogP contribution >= 0.6 is 15.9 Å². The third-order valence-electron chi connectivity index (χ3n) is 2.81. The molecule has 1 saturated carbocycles. The van der Waals surface area contributed by atoms with Crippen molar-refractivity contribution in [1.29, 1.82) is 0 Å². The minimum absolute atomic E-state index is 0.140. The Labute approximate surface area is 103 Å². The van der Waals surface area contributed by atoms with Crippen molar-refractivity contribution in [3.8, 4) is 0 Å². The molecule has 16 heavy (non-hydrogen) atoms. The van der Waals surface area contributed by atoms with Crippen LogP contribution in [0.1, 0.15) is 18.4 Å². The van der Waals surface area contributed by atoms with Gasteiger partial charge in [-0.15, -0.1) is 0 Å². The number of nitro groups is 1. The molecule has 0 N–H and O–H groups in total. The van der Waals surface area contributed by atoms with E-state index in [-0.39, 0.29) is 10.6 Å². The molecule has 0 heterocycles. The van der Waals surface area contributed by atoms with Gasteiger partial charge in [-0.1, -0.05) is 6.07 Å². The Morgan fingerprint density at radius 1 is 1.56 bits per heavy atom. The van der Waals surface area contributed by atoms with E-state index in [0.717, 1.165) is 12.1 Å². The molecule has 0 aliphatic heterocycles. The summed E-state index contributed by atoms with van der Waals surface area (Å²) in [4.78, 5) is 12.7. The highest BCUT2D eigenvalue weighted by molar-refractivity contribution is 9.10. The second-order valence-corrected chi connectivity index (χ2v) is 5.04. The van der Waals surface area contributed by atoms with Gasteiger partial charge in [0.1, 0.15) is 0 Å². The minimum Gasteiger partial charge on any atom is -0.299 e. The van der Waals surface area contributed by atoms with Crippen LogP contribution in [-0.4, -0.2) is 22.9 Å². The Balaban J connectivity index is 2.15. The highest BCUT2D eigenvalue weighted by Gasteiger charge is 2.26. The zero-order chi connectivity index (χ0) is 11.7. The first kappa shape index (κ1) is 11.5. The number of hydrogen-bond donors (Lipinski definition) is 0. The first-order valence-corrected chi connectivity index (χ1v) is 6.00. The SMILES string of the molecule is CN(Cc1ccc(Br)c([N+](=O)[O-])c1)C1CC1. The smallest absolute Gasteiger partial charge is 0.283 e. The van der Waals surface area contributed by atoms with Crippen LogP contribution < -0.4 is 0 Å². The predicted octanol–water partition coefficient (Wildman–Crippen LogP) is 2.95. The van der Waals surface area contributed by atoms with Crippen molar-refractivity contribution in [2.75, 3.05) is 7.05 Å². The lowest BCUT2D eigenvalue weighted by Crippen LogP contribution is -2.19. The van der Waals surface area contributed by atoms with E-state index >= 15 is 0 Å². The maximum atomic E-state index is 10.8. The fourth-order valence-corrected chi connectivity index (χ4v) is 2.12. The molecule has 0 bridgehead atoms. The molecule has 1 aliphatic carbocycles. The summed E-state index contributed by atoms with van der Waals surface area (Å²) in [5.41, 5.74) is 1.13. The van der Waals surface area contributed by atoms with E-state index < -0.39 is 0 Å². The van der Waals surface area contributed by atoms with E-state index in [9.17, 15) is 10.1 Å². The van der Waals surface area contributed by atoms with Crippen molar-refractivity contribution >= 4 is 21.6 Å². The van der Waals surface area contributed by atoms with Crippen LogP contribution in [0.25, 0.3) is 0 Å². The molecule has 0 unspecified atom stereocenters. The van der Waals surface area contributed by atoms with Gasteiger partial charge in [0.2, 0.25) is 0 Å². The zero-order valence-electron chi connectivity index (χ0n) is 9.02. The monoisotopic (exact) mass is 284 g/mol. The molecule has 0 amide bonds. The van der Waals surface area contributed by atoms with Gasteiger partial charge in [0.25, 0.3) is 5.69 Å². The maximum absolute atomic E-state index is 10.8. The molecule has 5 heteroatoms. The lowest BCUT2D eigenvalue weighted by molar-refractivity contribution is -0.385. The second kappa shape index (κ2) is 4.51. The van der Waals surface area contributed by atoms with Gasteiger partial charge >= 0.3 is 0 Å². The van der Waals surface area contributed by atoms with Crippen molar-refractivity contribution in [3.63, 3.8) is 0 Å². The quantitative estimate of drug-likeness (QED) is 0.631. The Hall–Kier alpha value is -0.940. The first-order chi connectivity index (χ1) is 7.58. The number of nitro benzene ring substituents is 1. The van der Waals surface area contributed by atoms with Gasteiger partial charge in [0.15, 0.2) is 0 Å². The summed E-state index contributed by atoms with van der Waals surface area (Å²) in [6.45, 7) is 0.777. The van der Waals surface area contributed by atoms with Gasteiger partial charge in [-0.05, 0) is 47.4 Å². The van der Waals surface area contributed by atoms with E-state index in [1.807, 2.05) is 6.07 Å². The van der Waals surface area contributed by atoms with Crippen molar-refractivity contribution in [3.05, 3.63) is 38.3 Å². The van der Waals surface area contributed by atoms with Crippen LogP contribution in [0.4, 0.5) is 5.69 Å². The van der Waals surface area contributed by atoms with E-state index in [2.05, 4.69) is 27.9 Å². The zero-order valence-corrected chi connectivity index (χ0v) is 10.6. The molecular weight excluding hydrogens is 272 g/mol. The van der Waals surface area contributed by atoms with Gasteiger partial charge in [0, 0.05) is 18.7 Å². The average molecular weight is 285 g/mol. The van der Waals surface area contributed by atoms with E-state index in [1.165, 1.54) is 12.8 Å². The molecule has 1 aromatic carbocycles. The topological polar surface area (TPSA) is 46.4 Å². The summed E-state index contributed by atoms with van der Waals surface area (Å²) in [7, 11) is 2.06. The molecule has 1 fully saturated rings. The highest BCUT2D eigenvalue weighted by Crippen LogP contribution is 2.29. The molecule has 0 spiro atoms. The van der Waals surface area contributed by atoms with Crippen molar-refractivity contribution < 1.29 is 4.92 Å². The third-order valence-corrected chi connectivity index (χ3v) is 3.48. The molecule has 2 rings (SSSR count). The van der Waals surface area contributed by atoms with Gasteiger partial charge in [-0.25, -0.2) is 0 Å². The summed E-state index contributed by atoms with van der Waals surface area (Å²) >= 11 is 3.18. The van der Waals surface area contributed by atoms with Crippen molar-refractivity contribution in [2.24, 2.45) is 0 Å². The lowest BCUT2D eigenvalue weighted by atomic mass is 10.2. The average Bonchev–Trinajstić information content (AvgIpc) is 3.03. The normalized spacial score (nSPS) is 15.4. The molecule has 86 valence electrons. The summed E-state index contributed by atoms with van der Waals surface area (Å²) in [6, 6.07) is 5.98. The van der Waals surface area contributed by atoms with Gasteiger partial charge < -0.3 is 0 Å². The van der Waals surface area contributed by atoms with Crippen LogP contribution in [0.5, 0.6) is 0 Å². The molecule has 0 aromatic heterocycles. The van der Waals surface area contributed by atoms with Crippen molar-refractivity contribution in [2.45, 2.75) is 25.4 Å². The lowest BCUT2D eigenvalue weighted by Gasteiger charge is -2.15. The summed E-state index contributed by atoms with van der Waals surface area (Å²) in [6.07, 6.45) is 2.49. The first-order valence-electron chi connectivity index (χ1n) is 5.21. The molecule has 0 radical (unpaired) electrons. The predicted molar refractivity (Wildman–Crippen MR) is 65.3 cm³/mol. The molecule has 0 saturated heterocycles. The number of hydrogen-bond acceptors (Lipinski definition) is 3. The van der Waals surface area contributed by atoms with Gasteiger partial charge in [0.05, 0.1) is 9.40 Å². The summed E-state index contributed by atoms with van der Waals surface area (Å²) in [5.74, 6) is 0. The number of rotatable bonds is 4. The molecule has 1 aromatic rings. The highest BCUT2D eigenvalue weighted by atomic mass is 79.9. The number of benzene rings is 1. The summed E-state index contributed by atoms with van der Waals surface area (Å²) < 4.78 is 0.537. The maximum Gasteiger partial charge on any atom is 0.283 e. The van der Waals surface area contributed by atoms with Gasteiger partial charge in [-0.2, -0.15) is 0 Å². The van der Waals surface area contributed by atoms with E-state index in [4.69, 9.17) is 0 Å². The van der Waals surface area contributed by atoms with E-state index in [1.54, 1.807) is 12.1 Å². The van der Waals surface area contributed by atoms with Crippen LogP contribution in [-0.2, 0) is 6.54 Å². The Kier molecular flexibility index (Phi) is 3.25. The summed E-state index contributed by atoms with van der Waals surface area (Å²) in [5, 5.41) is 10.8. The van der Waals surface area contributed by atoms with Crippen LogP contribution in [0.15, 0.2) is 22.7 Å². The number of nitrogens with zero attached hydrogens (tertiary/aromatic N) is 2. The van der Waals surface area contributed by atoms with E-state index in [0.29, 0.717) is 10.5 Å². The molecule has 0 atom stereocenters. The van der Waals surface area contributed by atoms with Crippen LogP contribution in [0.2, 0.25) is 0 Å². The Bertz CT molecular complexity index is 418.